The maximum atomic E-state index is 5.66. The van der Waals surface area contributed by atoms with Gasteiger partial charge in [0, 0.05) is 17.9 Å². The first-order valence-electron chi connectivity index (χ1n) is 5.45. The zero-order valence-corrected chi connectivity index (χ0v) is 10.4. The molecular formula is C11H21N5. The lowest BCUT2D eigenvalue weighted by molar-refractivity contribution is 0.111. The summed E-state index contributed by atoms with van der Waals surface area (Å²) in [6.07, 6.45) is 6.06. The van der Waals surface area contributed by atoms with Gasteiger partial charge in [0.1, 0.15) is 0 Å². The summed E-state index contributed by atoms with van der Waals surface area (Å²) in [4.78, 5) is 10.6. The van der Waals surface area contributed by atoms with E-state index in [1.165, 1.54) is 0 Å². The SMILES string of the molecule is CCC(C)(C(NN)c1cnccn1)N(C)C. The molecule has 90 valence electrons. The highest BCUT2D eigenvalue weighted by Gasteiger charge is 2.36. The average Bonchev–Trinajstić information content (AvgIpc) is 2.30. The second kappa shape index (κ2) is 5.34. The van der Waals surface area contributed by atoms with E-state index >= 15 is 0 Å². The maximum absolute atomic E-state index is 5.66. The van der Waals surface area contributed by atoms with Crippen LogP contribution in [0.25, 0.3) is 0 Å². The molecule has 3 N–H and O–H groups in total. The third-order valence-electron chi connectivity index (χ3n) is 3.40. The van der Waals surface area contributed by atoms with E-state index in [9.17, 15) is 0 Å². The van der Waals surface area contributed by atoms with Crippen molar-refractivity contribution in [2.45, 2.75) is 31.8 Å². The first-order chi connectivity index (χ1) is 7.56. The number of aromatic nitrogens is 2. The molecule has 1 aromatic rings. The third kappa shape index (κ3) is 2.37. The van der Waals surface area contributed by atoms with Gasteiger partial charge in [0.2, 0.25) is 0 Å². The summed E-state index contributed by atoms with van der Waals surface area (Å²) in [6.45, 7) is 4.30. The van der Waals surface area contributed by atoms with Crippen molar-refractivity contribution in [2.24, 2.45) is 5.84 Å². The number of nitrogens with two attached hydrogens (primary N) is 1. The van der Waals surface area contributed by atoms with E-state index in [-0.39, 0.29) is 11.6 Å². The fourth-order valence-electron chi connectivity index (χ4n) is 1.82. The van der Waals surface area contributed by atoms with Crippen molar-refractivity contribution < 1.29 is 0 Å². The first-order valence-corrected chi connectivity index (χ1v) is 5.45. The van der Waals surface area contributed by atoms with Gasteiger partial charge < -0.3 is 4.90 Å². The van der Waals surface area contributed by atoms with Crippen LogP contribution in [0, 0.1) is 0 Å². The van der Waals surface area contributed by atoms with Crippen molar-refractivity contribution in [1.82, 2.24) is 20.3 Å². The number of likely N-dealkylation sites (N-methyl/N-ethyl adjacent to an activating group) is 1. The lowest BCUT2D eigenvalue weighted by atomic mass is 9.86. The van der Waals surface area contributed by atoms with E-state index in [1.54, 1.807) is 18.6 Å². The van der Waals surface area contributed by atoms with Crippen LogP contribution in [-0.4, -0.2) is 34.5 Å². The van der Waals surface area contributed by atoms with Crippen molar-refractivity contribution >= 4 is 0 Å². The van der Waals surface area contributed by atoms with Gasteiger partial charge in [0.05, 0.1) is 17.9 Å². The smallest absolute Gasteiger partial charge is 0.0828 e. The molecule has 0 aromatic carbocycles. The Morgan fingerprint density at radius 2 is 2.19 bits per heavy atom. The van der Waals surface area contributed by atoms with Crippen molar-refractivity contribution in [1.29, 1.82) is 0 Å². The molecule has 0 bridgehead atoms. The van der Waals surface area contributed by atoms with Crippen LogP contribution in [0.5, 0.6) is 0 Å². The minimum Gasteiger partial charge on any atom is -0.302 e. The van der Waals surface area contributed by atoms with E-state index in [0.29, 0.717) is 0 Å². The number of hydrogen-bond donors (Lipinski definition) is 2. The van der Waals surface area contributed by atoms with Gasteiger partial charge in [-0.25, -0.2) is 5.43 Å². The fourth-order valence-corrected chi connectivity index (χ4v) is 1.82. The lowest BCUT2D eigenvalue weighted by Gasteiger charge is -2.41. The molecular weight excluding hydrogens is 202 g/mol. The standard InChI is InChI=1S/C11H21N5/c1-5-11(2,16(3)4)10(15-12)9-8-13-6-7-14-9/h6-8,10,15H,5,12H2,1-4H3. The Hall–Kier alpha value is -1.04. The average molecular weight is 223 g/mol. The molecule has 1 rings (SSSR count). The summed E-state index contributed by atoms with van der Waals surface area (Å²) in [7, 11) is 4.09. The fraction of sp³-hybridized carbons (Fsp3) is 0.636. The molecule has 0 aliphatic rings. The molecule has 0 amide bonds. The minimum absolute atomic E-state index is 0.0406. The van der Waals surface area contributed by atoms with E-state index in [4.69, 9.17) is 5.84 Å². The van der Waals surface area contributed by atoms with Gasteiger partial charge in [-0.05, 0) is 27.4 Å². The molecule has 0 aliphatic heterocycles. The van der Waals surface area contributed by atoms with E-state index in [0.717, 1.165) is 12.1 Å². The van der Waals surface area contributed by atoms with Crippen molar-refractivity contribution in [3.05, 3.63) is 24.3 Å². The Morgan fingerprint density at radius 1 is 1.50 bits per heavy atom. The molecule has 0 radical (unpaired) electrons. The Labute approximate surface area is 97.0 Å². The second-order valence-electron chi connectivity index (χ2n) is 4.34. The lowest BCUT2D eigenvalue weighted by Crippen LogP contribution is -2.53. The molecule has 1 aromatic heterocycles. The van der Waals surface area contributed by atoms with Crippen LogP contribution in [0.4, 0.5) is 0 Å². The van der Waals surface area contributed by atoms with E-state index in [1.807, 2.05) is 14.1 Å². The highest BCUT2D eigenvalue weighted by atomic mass is 15.3. The van der Waals surface area contributed by atoms with Crippen molar-refractivity contribution in [3.8, 4) is 0 Å². The number of hydrazine groups is 1. The van der Waals surface area contributed by atoms with Crippen LogP contribution in [0.15, 0.2) is 18.6 Å². The van der Waals surface area contributed by atoms with Crippen LogP contribution < -0.4 is 11.3 Å². The third-order valence-corrected chi connectivity index (χ3v) is 3.40. The van der Waals surface area contributed by atoms with Gasteiger partial charge >= 0.3 is 0 Å². The quantitative estimate of drug-likeness (QED) is 0.568. The molecule has 5 nitrogen and oxygen atoms in total. The van der Waals surface area contributed by atoms with Gasteiger partial charge in [0.15, 0.2) is 0 Å². The molecule has 16 heavy (non-hydrogen) atoms. The van der Waals surface area contributed by atoms with Crippen LogP contribution in [-0.2, 0) is 0 Å². The zero-order valence-electron chi connectivity index (χ0n) is 10.4. The summed E-state index contributed by atoms with van der Waals surface area (Å²) in [5.74, 6) is 5.66. The maximum Gasteiger partial charge on any atom is 0.0828 e. The van der Waals surface area contributed by atoms with Gasteiger partial charge in [0.25, 0.3) is 0 Å². The molecule has 5 heteroatoms. The van der Waals surface area contributed by atoms with Gasteiger partial charge in [-0.15, -0.1) is 0 Å². The van der Waals surface area contributed by atoms with Crippen LogP contribution in [0.3, 0.4) is 0 Å². The van der Waals surface area contributed by atoms with Crippen LogP contribution >= 0.6 is 0 Å². The normalized spacial score (nSPS) is 17.1. The largest absolute Gasteiger partial charge is 0.302 e. The second-order valence-corrected chi connectivity index (χ2v) is 4.34. The van der Waals surface area contributed by atoms with E-state index < -0.39 is 0 Å². The monoisotopic (exact) mass is 223 g/mol. The highest BCUT2D eigenvalue weighted by molar-refractivity contribution is 5.10. The Morgan fingerprint density at radius 3 is 2.56 bits per heavy atom. The molecule has 0 saturated heterocycles. The number of nitrogens with one attached hydrogen (secondary N) is 1. The van der Waals surface area contributed by atoms with Crippen LogP contribution in [0.2, 0.25) is 0 Å². The molecule has 0 aliphatic carbocycles. The molecule has 0 saturated carbocycles. The van der Waals surface area contributed by atoms with Gasteiger partial charge in [-0.3, -0.25) is 15.8 Å². The molecule has 0 fully saturated rings. The Balaban J connectivity index is 3.06. The topological polar surface area (TPSA) is 67.1 Å². The van der Waals surface area contributed by atoms with Crippen molar-refractivity contribution in [2.75, 3.05) is 14.1 Å². The summed E-state index contributed by atoms with van der Waals surface area (Å²) in [6, 6.07) is -0.0406. The zero-order chi connectivity index (χ0) is 12.2. The highest BCUT2D eigenvalue weighted by Crippen LogP contribution is 2.30. The minimum atomic E-state index is -0.0925. The molecule has 0 spiro atoms. The predicted octanol–water partition coefficient (Wildman–Crippen LogP) is 0.711. The molecule has 1 heterocycles. The summed E-state index contributed by atoms with van der Waals surface area (Å²) >= 11 is 0. The van der Waals surface area contributed by atoms with Crippen molar-refractivity contribution in [3.63, 3.8) is 0 Å². The summed E-state index contributed by atoms with van der Waals surface area (Å²) in [5, 5.41) is 0. The Kier molecular flexibility index (Phi) is 4.35. The van der Waals surface area contributed by atoms with Gasteiger partial charge in [-0.2, -0.15) is 0 Å². The van der Waals surface area contributed by atoms with Gasteiger partial charge in [-0.1, -0.05) is 6.92 Å². The van der Waals surface area contributed by atoms with E-state index in [2.05, 4.69) is 34.1 Å². The number of hydrogen-bond acceptors (Lipinski definition) is 5. The Bertz CT molecular complexity index is 313. The number of rotatable bonds is 5. The first kappa shape index (κ1) is 13.0. The molecule has 2 atom stereocenters. The predicted molar refractivity (Wildman–Crippen MR) is 64.5 cm³/mol. The number of nitrogens with zero attached hydrogens (tertiary/aromatic N) is 3. The molecule has 2 unspecified atom stereocenters. The summed E-state index contributed by atoms with van der Waals surface area (Å²) in [5.41, 5.74) is 3.62. The summed E-state index contributed by atoms with van der Waals surface area (Å²) < 4.78 is 0. The van der Waals surface area contributed by atoms with Crippen LogP contribution in [0.1, 0.15) is 32.0 Å².